The summed E-state index contributed by atoms with van der Waals surface area (Å²) in [7, 11) is 0. The summed E-state index contributed by atoms with van der Waals surface area (Å²) in [5, 5.41) is 2.37. The molecule has 2 aromatic rings. The minimum absolute atomic E-state index is 0. The van der Waals surface area contributed by atoms with Gasteiger partial charge in [0.25, 0.3) is 5.91 Å². The van der Waals surface area contributed by atoms with Crippen molar-refractivity contribution in [3.05, 3.63) is 70.8 Å². The number of benzene rings is 2. The lowest BCUT2D eigenvalue weighted by Gasteiger charge is -2.43. The van der Waals surface area contributed by atoms with Crippen LogP contribution in [0.3, 0.4) is 0 Å². The lowest BCUT2D eigenvalue weighted by Crippen LogP contribution is -2.52. The highest BCUT2D eigenvalue weighted by Gasteiger charge is 2.39. The first-order valence-electron chi connectivity index (χ1n) is 12.0. The number of imide groups is 1. The minimum atomic E-state index is -0.563. The fourth-order valence-corrected chi connectivity index (χ4v) is 5.85. The van der Waals surface area contributed by atoms with Crippen LogP contribution in [0.2, 0.25) is 0 Å². The van der Waals surface area contributed by atoms with Gasteiger partial charge < -0.3 is 4.90 Å². The number of hydrogen-bond donors (Lipinski definition) is 1. The predicted octanol–water partition coefficient (Wildman–Crippen LogP) is 4.03. The van der Waals surface area contributed by atoms with Crippen molar-refractivity contribution in [2.75, 3.05) is 0 Å². The quantitative estimate of drug-likeness (QED) is 0.669. The molecule has 6 nitrogen and oxygen atoms in total. The molecule has 7 heteroatoms. The number of nitrogens with zero attached hydrogens (tertiary/aromatic N) is 2. The van der Waals surface area contributed by atoms with Crippen molar-refractivity contribution in [1.82, 2.24) is 15.1 Å². The zero-order chi connectivity index (χ0) is 23.1. The molecule has 2 saturated heterocycles. The van der Waals surface area contributed by atoms with Crippen LogP contribution in [-0.2, 0) is 22.7 Å². The molecule has 2 fully saturated rings. The number of halogens is 1. The molecule has 5 rings (SSSR count). The van der Waals surface area contributed by atoms with Gasteiger partial charge >= 0.3 is 0 Å². The summed E-state index contributed by atoms with van der Waals surface area (Å²) in [4.78, 5) is 41.0. The molecule has 0 bridgehead atoms. The molecule has 0 aromatic heterocycles. The predicted molar refractivity (Wildman–Crippen MR) is 133 cm³/mol. The monoisotopic (exact) mass is 481 g/mol. The highest BCUT2D eigenvalue weighted by molar-refractivity contribution is 6.05. The lowest BCUT2D eigenvalue weighted by molar-refractivity contribution is -0.136. The maximum Gasteiger partial charge on any atom is 0.255 e. The van der Waals surface area contributed by atoms with Crippen LogP contribution in [0.15, 0.2) is 48.5 Å². The van der Waals surface area contributed by atoms with Gasteiger partial charge in [-0.15, -0.1) is 12.4 Å². The number of piperidine rings is 2. The summed E-state index contributed by atoms with van der Waals surface area (Å²) in [6, 6.07) is 17.2. The third kappa shape index (κ3) is 4.62. The maximum absolute atomic E-state index is 13.0. The Bertz CT molecular complexity index is 1080. The number of fused-ring (bicyclic) bond motifs is 1. The maximum atomic E-state index is 13.0. The van der Waals surface area contributed by atoms with Crippen LogP contribution in [0.4, 0.5) is 0 Å². The topological polar surface area (TPSA) is 69.7 Å². The molecule has 180 valence electrons. The van der Waals surface area contributed by atoms with Crippen molar-refractivity contribution in [2.45, 2.75) is 76.7 Å². The smallest absolute Gasteiger partial charge is 0.255 e. The van der Waals surface area contributed by atoms with Crippen molar-refractivity contribution < 1.29 is 14.4 Å². The molecule has 2 aromatic carbocycles. The van der Waals surface area contributed by atoms with Crippen molar-refractivity contribution in [3.63, 3.8) is 0 Å². The number of carbonyl (C=O) groups excluding carboxylic acids is 3. The first-order valence-corrected chi connectivity index (χ1v) is 12.0. The van der Waals surface area contributed by atoms with E-state index in [2.05, 4.69) is 66.5 Å². The van der Waals surface area contributed by atoms with Gasteiger partial charge in [-0.05, 0) is 61.8 Å². The van der Waals surface area contributed by atoms with Crippen LogP contribution in [0, 0.1) is 0 Å². The van der Waals surface area contributed by atoms with Crippen LogP contribution in [0.5, 0.6) is 0 Å². The van der Waals surface area contributed by atoms with Gasteiger partial charge in [0.2, 0.25) is 11.8 Å². The number of hydrogen-bond acceptors (Lipinski definition) is 4. The van der Waals surface area contributed by atoms with Crippen molar-refractivity contribution in [1.29, 1.82) is 0 Å². The van der Waals surface area contributed by atoms with E-state index >= 15 is 0 Å². The second kappa shape index (κ2) is 9.88. The molecule has 0 radical (unpaired) electrons. The molecule has 0 saturated carbocycles. The number of rotatable bonds is 4. The van der Waals surface area contributed by atoms with E-state index in [9.17, 15) is 14.4 Å². The first kappa shape index (κ1) is 24.4. The minimum Gasteiger partial charge on any atom is -0.322 e. The highest BCUT2D eigenvalue weighted by Crippen LogP contribution is 2.38. The third-order valence-electron chi connectivity index (χ3n) is 7.61. The van der Waals surface area contributed by atoms with Crippen LogP contribution in [-0.4, -0.2) is 45.6 Å². The van der Waals surface area contributed by atoms with E-state index in [1.807, 2.05) is 6.07 Å². The van der Waals surface area contributed by atoms with Gasteiger partial charge in [0.1, 0.15) is 6.04 Å². The number of nitrogens with one attached hydrogen (secondary N) is 1. The van der Waals surface area contributed by atoms with Crippen LogP contribution < -0.4 is 5.32 Å². The normalized spacial score (nSPS) is 27.2. The van der Waals surface area contributed by atoms with Gasteiger partial charge in [-0.3, -0.25) is 24.6 Å². The van der Waals surface area contributed by atoms with Gasteiger partial charge in [0, 0.05) is 37.2 Å². The van der Waals surface area contributed by atoms with Gasteiger partial charge in [-0.25, -0.2) is 0 Å². The Morgan fingerprint density at radius 2 is 1.68 bits per heavy atom. The summed E-state index contributed by atoms with van der Waals surface area (Å²) < 4.78 is 0. The molecule has 3 atom stereocenters. The van der Waals surface area contributed by atoms with Crippen LogP contribution in [0.1, 0.15) is 72.5 Å². The van der Waals surface area contributed by atoms with Crippen LogP contribution in [0.25, 0.3) is 0 Å². The highest BCUT2D eigenvalue weighted by atomic mass is 35.5. The lowest BCUT2D eigenvalue weighted by atomic mass is 9.81. The van der Waals surface area contributed by atoms with E-state index in [1.54, 1.807) is 4.90 Å². The van der Waals surface area contributed by atoms with Crippen molar-refractivity contribution in [2.24, 2.45) is 0 Å². The van der Waals surface area contributed by atoms with E-state index in [1.165, 1.54) is 11.1 Å². The fourth-order valence-electron chi connectivity index (χ4n) is 5.85. The molecule has 34 heavy (non-hydrogen) atoms. The van der Waals surface area contributed by atoms with Gasteiger partial charge in [0.05, 0.1) is 0 Å². The van der Waals surface area contributed by atoms with E-state index in [0.717, 1.165) is 24.9 Å². The largest absolute Gasteiger partial charge is 0.322 e. The summed E-state index contributed by atoms with van der Waals surface area (Å²) >= 11 is 0. The van der Waals surface area contributed by atoms with Gasteiger partial charge in [0.15, 0.2) is 0 Å². The second-order valence-corrected chi connectivity index (χ2v) is 9.84. The Labute approximate surface area is 207 Å². The summed E-state index contributed by atoms with van der Waals surface area (Å²) in [6.45, 7) is 6.03. The second-order valence-electron chi connectivity index (χ2n) is 9.84. The molecule has 3 unspecified atom stereocenters. The zero-order valence-corrected chi connectivity index (χ0v) is 20.5. The Kier molecular flexibility index (Phi) is 7.10. The van der Waals surface area contributed by atoms with E-state index < -0.39 is 6.04 Å². The molecule has 3 heterocycles. The zero-order valence-electron chi connectivity index (χ0n) is 19.7. The molecule has 1 N–H and O–H groups in total. The molecule has 0 aliphatic carbocycles. The van der Waals surface area contributed by atoms with Gasteiger partial charge in [-0.1, -0.05) is 42.5 Å². The molecule has 3 aliphatic heterocycles. The average Bonchev–Trinajstić information content (AvgIpc) is 3.12. The molecule has 3 aliphatic rings. The summed E-state index contributed by atoms with van der Waals surface area (Å²) in [6.07, 6.45) is 2.84. The SMILES string of the molecule is CC1CC(c2ccc3c(c2)CN(C2CCC(=O)NC2=O)C3=O)CC(C)N1Cc1ccccc1.Cl. The Hall–Kier alpha value is -2.70. The summed E-state index contributed by atoms with van der Waals surface area (Å²) in [5.41, 5.74) is 4.31. The molecule has 3 amide bonds. The number of amides is 3. The number of likely N-dealkylation sites (tertiary alicyclic amines) is 1. The number of carbonyl (C=O) groups is 3. The van der Waals surface area contributed by atoms with Gasteiger partial charge in [-0.2, -0.15) is 0 Å². The molecular weight excluding hydrogens is 450 g/mol. The third-order valence-corrected chi connectivity index (χ3v) is 7.61. The Morgan fingerprint density at radius 1 is 0.971 bits per heavy atom. The van der Waals surface area contributed by atoms with E-state index in [0.29, 0.717) is 36.5 Å². The van der Waals surface area contributed by atoms with Crippen molar-refractivity contribution in [3.8, 4) is 0 Å². The first-order chi connectivity index (χ1) is 15.9. The van der Waals surface area contributed by atoms with E-state index in [-0.39, 0.29) is 36.5 Å². The van der Waals surface area contributed by atoms with E-state index in [4.69, 9.17) is 0 Å². The molecular formula is C27H32ClN3O3. The van der Waals surface area contributed by atoms with Crippen molar-refractivity contribution >= 4 is 30.1 Å². The fraction of sp³-hybridized carbons (Fsp3) is 0.444. The summed E-state index contributed by atoms with van der Waals surface area (Å²) in [5.74, 6) is -0.275. The Balaban J connectivity index is 0.00000274. The average molecular weight is 482 g/mol. The Morgan fingerprint density at radius 3 is 2.35 bits per heavy atom. The molecule has 0 spiro atoms. The van der Waals surface area contributed by atoms with Crippen LogP contribution >= 0.6 is 12.4 Å². The standard InChI is InChI=1S/C27H31N3O3.ClH/c1-17-12-21(13-18(2)29(17)15-19-6-4-3-5-7-19)20-8-9-23-22(14-20)16-30(27(23)33)24-10-11-25(31)28-26(24)32;/h3-9,14,17-18,21,24H,10-13,15-16H2,1-2H3,(H,28,31,32);1H.